The lowest BCUT2D eigenvalue weighted by atomic mass is 10.00. The molecular weight excluding hydrogens is 304 g/mol. The smallest absolute Gasteiger partial charge is 0.410 e. The highest BCUT2D eigenvalue weighted by Gasteiger charge is 2.35. The van der Waals surface area contributed by atoms with Gasteiger partial charge in [0.05, 0.1) is 0 Å². The molecular formula is C11H15BrN2O2S. The number of nitrogens with zero attached hydrogens (tertiary/aromatic N) is 2. The molecule has 0 radical (unpaired) electrons. The molecule has 1 amide bonds. The summed E-state index contributed by atoms with van der Waals surface area (Å²) < 4.78 is 6.19. The quantitative estimate of drug-likeness (QED) is 0.798. The first-order valence-electron chi connectivity index (χ1n) is 5.44. The number of carbonyl (C=O) groups is 1. The minimum atomic E-state index is -0.421. The van der Waals surface area contributed by atoms with Gasteiger partial charge in [-0.15, -0.1) is 11.3 Å². The zero-order valence-electron chi connectivity index (χ0n) is 10.1. The van der Waals surface area contributed by atoms with Crippen molar-refractivity contribution in [2.24, 2.45) is 0 Å². The Morgan fingerprint density at radius 3 is 2.71 bits per heavy atom. The van der Waals surface area contributed by atoms with Crippen LogP contribution < -0.4 is 0 Å². The highest BCUT2D eigenvalue weighted by atomic mass is 79.9. The van der Waals surface area contributed by atoms with E-state index in [2.05, 4.69) is 20.9 Å². The van der Waals surface area contributed by atoms with Crippen molar-refractivity contribution in [1.29, 1.82) is 0 Å². The molecule has 1 fully saturated rings. The van der Waals surface area contributed by atoms with E-state index in [1.54, 1.807) is 16.2 Å². The number of halogens is 1. The van der Waals surface area contributed by atoms with Crippen molar-refractivity contribution in [2.75, 3.05) is 13.1 Å². The average molecular weight is 319 g/mol. The van der Waals surface area contributed by atoms with Gasteiger partial charge in [0, 0.05) is 30.1 Å². The molecule has 94 valence electrons. The Morgan fingerprint density at radius 1 is 1.59 bits per heavy atom. The van der Waals surface area contributed by atoms with Gasteiger partial charge in [-0.3, -0.25) is 0 Å². The minimum Gasteiger partial charge on any atom is -0.444 e. The first-order valence-corrected chi connectivity index (χ1v) is 7.05. The van der Waals surface area contributed by atoms with Gasteiger partial charge in [0.2, 0.25) is 0 Å². The largest absolute Gasteiger partial charge is 0.444 e. The summed E-state index contributed by atoms with van der Waals surface area (Å²) in [4.78, 5) is 18.8. The Bertz CT molecular complexity index is 421. The Labute approximate surface area is 113 Å². The van der Waals surface area contributed by atoms with Gasteiger partial charge >= 0.3 is 6.09 Å². The van der Waals surface area contributed by atoms with Gasteiger partial charge in [0.25, 0.3) is 0 Å². The van der Waals surface area contributed by atoms with Crippen molar-refractivity contribution in [2.45, 2.75) is 32.3 Å². The molecule has 0 aromatic carbocycles. The summed E-state index contributed by atoms with van der Waals surface area (Å²) >= 11 is 4.97. The summed E-state index contributed by atoms with van der Waals surface area (Å²) in [7, 11) is 0. The van der Waals surface area contributed by atoms with Crippen LogP contribution in [0.1, 0.15) is 31.6 Å². The van der Waals surface area contributed by atoms with E-state index >= 15 is 0 Å². The van der Waals surface area contributed by atoms with Gasteiger partial charge in [0.15, 0.2) is 3.92 Å². The summed E-state index contributed by atoms with van der Waals surface area (Å²) in [6, 6.07) is 0. The number of hydrogen-bond acceptors (Lipinski definition) is 4. The molecule has 0 N–H and O–H groups in total. The van der Waals surface area contributed by atoms with Crippen molar-refractivity contribution >= 4 is 33.4 Å². The first kappa shape index (κ1) is 12.8. The lowest BCUT2D eigenvalue weighted by Crippen LogP contribution is -2.50. The predicted octanol–water partition coefficient (Wildman–Crippen LogP) is 3.24. The van der Waals surface area contributed by atoms with E-state index in [1.165, 1.54) is 4.88 Å². The van der Waals surface area contributed by atoms with E-state index in [0.29, 0.717) is 5.92 Å². The van der Waals surface area contributed by atoms with Gasteiger partial charge < -0.3 is 9.64 Å². The van der Waals surface area contributed by atoms with Gasteiger partial charge in [-0.1, -0.05) is 0 Å². The van der Waals surface area contributed by atoms with E-state index in [1.807, 2.05) is 27.0 Å². The van der Waals surface area contributed by atoms with Gasteiger partial charge in [-0.2, -0.15) is 0 Å². The summed E-state index contributed by atoms with van der Waals surface area (Å²) in [5.74, 6) is 0.409. The number of hydrogen-bond donors (Lipinski definition) is 0. The van der Waals surface area contributed by atoms with Crippen LogP contribution in [0.4, 0.5) is 4.79 Å². The number of rotatable bonds is 1. The van der Waals surface area contributed by atoms with Crippen molar-refractivity contribution < 1.29 is 9.53 Å². The van der Waals surface area contributed by atoms with Crippen LogP contribution in [0.5, 0.6) is 0 Å². The normalized spacial score (nSPS) is 16.8. The molecule has 0 atom stereocenters. The fourth-order valence-corrected chi connectivity index (χ4v) is 2.97. The maximum atomic E-state index is 11.7. The van der Waals surface area contributed by atoms with Crippen LogP contribution in [0.3, 0.4) is 0 Å². The lowest BCUT2D eigenvalue weighted by molar-refractivity contribution is 0.00845. The molecule has 0 saturated carbocycles. The van der Waals surface area contributed by atoms with E-state index in [0.717, 1.165) is 17.0 Å². The molecule has 0 unspecified atom stereocenters. The van der Waals surface area contributed by atoms with Gasteiger partial charge in [0.1, 0.15) is 5.60 Å². The second-order valence-corrected chi connectivity index (χ2v) is 7.44. The molecule has 2 rings (SSSR count). The Kier molecular flexibility index (Phi) is 3.45. The van der Waals surface area contributed by atoms with Crippen LogP contribution >= 0.6 is 27.3 Å². The topological polar surface area (TPSA) is 42.4 Å². The fourth-order valence-electron chi connectivity index (χ4n) is 1.59. The molecule has 1 saturated heterocycles. The zero-order chi connectivity index (χ0) is 12.6. The number of aromatic nitrogens is 1. The summed E-state index contributed by atoms with van der Waals surface area (Å²) in [5.41, 5.74) is -0.421. The first-order chi connectivity index (χ1) is 7.85. The minimum absolute atomic E-state index is 0.225. The number of carbonyl (C=O) groups excluding carboxylic acids is 1. The van der Waals surface area contributed by atoms with Crippen LogP contribution in [0, 0.1) is 0 Å². The molecule has 1 aliphatic heterocycles. The predicted molar refractivity (Wildman–Crippen MR) is 70.4 cm³/mol. The van der Waals surface area contributed by atoms with Crippen LogP contribution in [-0.4, -0.2) is 34.7 Å². The van der Waals surface area contributed by atoms with Crippen LogP contribution in [0.15, 0.2) is 10.1 Å². The SMILES string of the molecule is CC(C)(C)OC(=O)N1CC(c2cnc(Br)s2)C1. The van der Waals surface area contributed by atoms with Crippen molar-refractivity contribution in [1.82, 2.24) is 9.88 Å². The fraction of sp³-hybridized carbons (Fsp3) is 0.636. The highest BCUT2D eigenvalue weighted by molar-refractivity contribution is 9.11. The maximum Gasteiger partial charge on any atom is 0.410 e. The van der Waals surface area contributed by atoms with Crippen molar-refractivity contribution in [3.8, 4) is 0 Å². The third kappa shape index (κ3) is 3.19. The lowest BCUT2D eigenvalue weighted by Gasteiger charge is -2.39. The molecule has 4 nitrogen and oxygen atoms in total. The van der Waals surface area contributed by atoms with E-state index in [4.69, 9.17) is 4.74 Å². The molecule has 1 aliphatic rings. The standard InChI is InChI=1S/C11H15BrN2O2S/c1-11(2,3)16-10(15)14-5-7(6-14)8-4-13-9(12)17-8/h4,7H,5-6H2,1-3H3. The Hall–Kier alpha value is -0.620. The van der Waals surface area contributed by atoms with Crippen LogP contribution in [-0.2, 0) is 4.74 Å². The van der Waals surface area contributed by atoms with E-state index in [9.17, 15) is 4.79 Å². The molecule has 0 aliphatic carbocycles. The molecule has 17 heavy (non-hydrogen) atoms. The maximum absolute atomic E-state index is 11.7. The molecule has 1 aromatic rings. The second kappa shape index (κ2) is 4.57. The number of amides is 1. The summed E-state index contributed by atoms with van der Waals surface area (Å²) in [6.45, 7) is 7.08. The molecule has 0 spiro atoms. The number of ether oxygens (including phenoxy) is 1. The Morgan fingerprint density at radius 2 is 2.24 bits per heavy atom. The molecule has 0 bridgehead atoms. The summed E-state index contributed by atoms with van der Waals surface area (Å²) in [6.07, 6.45) is 1.64. The van der Waals surface area contributed by atoms with Crippen molar-refractivity contribution in [3.63, 3.8) is 0 Å². The average Bonchev–Trinajstić information content (AvgIpc) is 2.45. The van der Waals surface area contributed by atoms with Crippen molar-refractivity contribution in [3.05, 3.63) is 15.0 Å². The van der Waals surface area contributed by atoms with E-state index in [-0.39, 0.29) is 6.09 Å². The van der Waals surface area contributed by atoms with E-state index < -0.39 is 5.60 Å². The van der Waals surface area contributed by atoms with Crippen LogP contribution in [0.2, 0.25) is 0 Å². The summed E-state index contributed by atoms with van der Waals surface area (Å²) in [5, 5.41) is 0. The number of thiazole rings is 1. The molecule has 6 heteroatoms. The zero-order valence-corrected chi connectivity index (χ0v) is 12.5. The highest BCUT2D eigenvalue weighted by Crippen LogP contribution is 2.33. The molecule has 1 aromatic heterocycles. The molecule has 2 heterocycles. The number of likely N-dealkylation sites (tertiary alicyclic amines) is 1. The third-order valence-electron chi connectivity index (χ3n) is 2.43. The van der Waals surface area contributed by atoms with Gasteiger partial charge in [-0.05, 0) is 36.7 Å². The Balaban J connectivity index is 1.85. The van der Waals surface area contributed by atoms with Crippen LogP contribution in [0.25, 0.3) is 0 Å². The monoisotopic (exact) mass is 318 g/mol. The third-order valence-corrected chi connectivity index (χ3v) is 4.07. The second-order valence-electron chi connectivity index (χ2n) is 5.10. The van der Waals surface area contributed by atoms with Gasteiger partial charge in [-0.25, -0.2) is 9.78 Å².